The van der Waals surface area contributed by atoms with E-state index in [4.69, 9.17) is 16.3 Å². The topological polar surface area (TPSA) is 84.5 Å². The van der Waals surface area contributed by atoms with Crippen molar-refractivity contribution in [2.75, 3.05) is 7.11 Å². The number of carbonyl (C=O) groups is 1. The first kappa shape index (κ1) is 20.2. The van der Waals surface area contributed by atoms with Gasteiger partial charge in [-0.2, -0.15) is 4.72 Å². The molecule has 0 saturated carbocycles. The van der Waals surface area contributed by atoms with E-state index < -0.39 is 22.0 Å². The van der Waals surface area contributed by atoms with Gasteiger partial charge in [-0.1, -0.05) is 23.7 Å². The van der Waals surface area contributed by atoms with E-state index in [1.54, 1.807) is 37.3 Å². The summed E-state index contributed by atoms with van der Waals surface area (Å²) in [6, 6.07) is 11.8. The molecule has 8 heteroatoms. The second kappa shape index (κ2) is 8.53. The van der Waals surface area contributed by atoms with E-state index in [-0.39, 0.29) is 10.9 Å². The molecule has 2 aromatic rings. The lowest BCUT2D eigenvalue weighted by atomic mass is 10.1. The van der Waals surface area contributed by atoms with Gasteiger partial charge in [0.1, 0.15) is 5.75 Å². The summed E-state index contributed by atoms with van der Waals surface area (Å²) < 4.78 is 32.2. The number of rotatable bonds is 7. The number of halogens is 1. The Kier molecular flexibility index (Phi) is 6.63. The van der Waals surface area contributed by atoms with Crippen molar-refractivity contribution >= 4 is 27.5 Å². The van der Waals surface area contributed by atoms with E-state index in [1.807, 2.05) is 6.07 Å². The number of nitrogens with one attached hydrogen (secondary N) is 2. The van der Waals surface area contributed by atoms with E-state index in [1.165, 1.54) is 26.2 Å². The molecule has 0 aliphatic rings. The summed E-state index contributed by atoms with van der Waals surface area (Å²) in [7, 11) is -2.33. The molecule has 0 aliphatic carbocycles. The molecule has 0 aliphatic heterocycles. The highest BCUT2D eigenvalue weighted by Gasteiger charge is 2.23. The van der Waals surface area contributed by atoms with Gasteiger partial charge in [-0.3, -0.25) is 4.79 Å². The number of hydrogen-bond acceptors (Lipinski definition) is 4. The highest BCUT2D eigenvalue weighted by atomic mass is 35.5. The summed E-state index contributed by atoms with van der Waals surface area (Å²) in [5, 5.41) is 3.34. The molecule has 0 radical (unpaired) electrons. The molecule has 0 bridgehead atoms. The highest BCUT2D eigenvalue weighted by Crippen LogP contribution is 2.18. The number of benzene rings is 2. The molecule has 2 rings (SSSR count). The van der Waals surface area contributed by atoms with Crippen molar-refractivity contribution < 1.29 is 17.9 Å². The fraction of sp³-hybridized carbons (Fsp3) is 0.278. The molecule has 2 N–H and O–H groups in total. The van der Waals surface area contributed by atoms with Gasteiger partial charge in [0.05, 0.1) is 24.1 Å². The largest absolute Gasteiger partial charge is 0.497 e. The maximum absolute atomic E-state index is 12.4. The summed E-state index contributed by atoms with van der Waals surface area (Å²) in [5.41, 5.74) is 0.830. The van der Waals surface area contributed by atoms with E-state index in [0.717, 1.165) is 5.56 Å². The first-order valence-electron chi connectivity index (χ1n) is 7.95. The molecule has 2 aromatic carbocycles. The maximum atomic E-state index is 12.4. The van der Waals surface area contributed by atoms with Gasteiger partial charge in [0.2, 0.25) is 15.9 Å². The molecule has 1 amide bonds. The van der Waals surface area contributed by atoms with Crippen LogP contribution in [0.1, 0.15) is 25.5 Å². The molecule has 140 valence electrons. The third-order valence-electron chi connectivity index (χ3n) is 3.80. The van der Waals surface area contributed by atoms with Crippen LogP contribution in [0.3, 0.4) is 0 Å². The first-order chi connectivity index (χ1) is 12.2. The SMILES string of the molecule is COc1ccc(S(=O)(=O)N[C@@H](C)C(=O)NC(C)c2cccc(Cl)c2)cc1. The fourth-order valence-corrected chi connectivity index (χ4v) is 3.71. The zero-order valence-corrected chi connectivity index (χ0v) is 16.3. The van der Waals surface area contributed by atoms with E-state index in [2.05, 4.69) is 10.0 Å². The Bertz CT molecular complexity index is 869. The van der Waals surface area contributed by atoms with Crippen LogP contribution in [0.4, 0.5) is 0 Å². The summed E-state index contributed by atoms with van der Waals surface area (Å²) in [6.45, 7) is 3.29. The monoisotopic (exact) mass is 396 g/mol. The van der Waals surface area contributed by atoms with E-state index in [0.29, 0.717) is 10.8 Å². The van der Waals surface area contributed by atoms with Gasteiger partial charge >= 0.3 is 0 Å². The van der Waals surface area contributed by atoms with Crippen molar-refractivity contribution in [3.63, 3.8) is 0 Å². The van der Waals surface area contributed by atoms with Gasteiger partial charge in [0, 0.05) is 5.02 Å². The molecule has 0 spiro atoms. The zero-order chi connectivity index (χ0) is 19.3. The Morgan fingerprint density at radius 2 is 1.77 bits per heavy atom. The summed E-state index contributed by atoms with van der Waals surface area (Å²) in [6.07, 6.45) is 0. The van der Waals surface area contributed by atoms with Crippen LogP contribution in [0.2, 0.25) is 5.02 Å². The molecule has 0 saturated heterocycles. The lowest BCUT2D eigenvalue weighted by molar-refractivity contribution is -0.123. The number of carbonyl (C=O) groups excluding carboxylic acids is 1. The molecule has 1 unspecified atom stereocenters. The van der Waals surface area contributed by atoms with Gasteiger partial charge in [-0.15, -0.1) is 0 Å². The van der Waals surface area contributed by atoms with Crippen molar-refractivity contribution in [3.05, 3.63) is 59.1 Å². The maximum Gasteiger partial charge on any atom is 0.241 e. The Balaban J connectivity index is 2.03. The number of sulfonamides is 1. The van der Waals surface area contributed by atoms with Crippen LogP contribution >= 0.6 is 11.6 Å². The number of amides is 1. The minimum Gasteiger partial charge on any atom is -0.497 e. The van der Waals surface area contributed by atoms with Crippen molar-refractivity contribution in [1.29, 1.82) is 0 Å². The lowest BCUT2D eigenvalue weighted by Gasteiger charge is -2.19. The number of hydrogen-bond donors (Lipinski definition) is 2. The number of methoxy groups -OCH3 is 1. The minimum absolute atomic E-state index is 0.0563. The molecule has 2 atom stereocenters. The minimum atomic E-state index is -3.82. The second-order valence-electron chi connectivity index (χ2n) is 5.80. The second-order valence-corrected chi connectivity index (χ2v) is 7.95. The lowest BCUT2D eigenvalue weighted by Crippen LogP contribution is -2.45. The van der Waals surface area contributed by atoms with Gasteiger partial charge in [0.15, 0.2) is 0 Å². The van der Waals surface area contributed by atoms with E-state index >= 15 is 0 Å². The van der Waals surface area contributed by atoms with Crippen LogP contribution in [0.5, 0.6) is 5.75 Å². The Morgan fingerprint density at radius 1 is 1.12 bits per heavy atom. The van der Waals surface area contributed by atoms with Gasteiger partial charge in [0.25, 0.3) is 0 Å². The van der Waals surface area contributed by atoms with Crippen LogP contribution in [-0.2, 0) is 14.8 Å². The fourth-order valence-electron chi connectivity index (χ4n) is 2.31. The average Bonchev–Trinajstić information content (AvgIpc) is 2.61. The van der Waals surface area contributed by atoms with Crippen molar-refractivity contribution in [2.24, 2.45) is 0 Å². The standard InChI is InChI=1S/C18H21ClN2O4S/c1-12(14-5-4-6-15(19)11-14)20-18(22)13(2)21-26(23,24)17-9-7-16(25-3)8-10-17/h4-13,21H,1-3H3,(H,20,22)/t12?,13-/m0/s1. The van der Waals surface area contributed by atoms with Gasteiger partial charge in [-0.25, -0.2) is 8.42 Å². The van der Waals surface area contributed by atoms with Crippen LogP contribution in [0.25, 0.3) is 0 Å². The van der Waals surface area contributed by atoms with Crippen molar-refractivity contribution in [1.82, 2.24) is 10.0 Å². The van der Waals surface area contributed by atoms with Gasteiger partial charge < -0.3 is 10.1 Å². The Labute approximate surface area is 158 Å². The van der Waals surface area contributed by atoms with Gasteiger partial charge in [-0.05, 0) is 55.8 Å². The summed E-state index contributed by atoms with van der Waals surface area (Å²) >= 11 is 5.95. The normalized spacial score (nSPS) is 13.7. The molecule has 0 heterocycles. The van der Waals surface area contributed by atoms with E-state index in [9.17, 15) is 13.2 Å². The number of ether oxygens (including phenoxy) is 1. The first-order valence-corrected chi connectivity index (χ1v) is 9.81. The summed E-state index contributed by atoms with van der Waals surface area (Å²) in [4.78, 5) is 12.4. The molecule has 0 aromatic heterocycles. The summed E-state index contributed by atoms with van der Waals surface area (Å²) in [5.74, 6) is 0.111. The molecular formula is C18H21ClN2O4S. The van der Waals surface area contributed by atoms with Crippen LogP contribution < -0.4 is 14.8 Å². The van der Waals surface area contributed by atoms with Crippen molar-refractivity contribution in [3.8, 4) is 5.75 Å². The predicted octanol–water partition coefficient (Wildman–Crippen LogP) is 2.89. The molecular weight excluding hydrogens is 376 g/mol. The molecule has 6 nitrogen and oxygen atoms in total. The quantitative estimate of drug-likeness (QED) is 0.753. The third-order valence-corrected chi connectivity index (χ3v) is 5.59. The Hall–Kier alpha value is -2.09. The zero-order valence-electron chi connectivity index (χ0n) is 14.7. The highest BCUT2D eigenvalue weighted by molar-refractivity contribution is 7.89. The third kappa shape index (κ3) is 5.20. The molecule has 26 heavy (non-hydrogen) atoms. The predicted molar refractivity (Wildman–Crippen MR) is 101 cm³/mol. The van der Waals surface area contributed by atoms with Crippen LogP contribution in [-0.4, -0.2) is 27.5 Å². The van der Waals surface area contributed by atoms with Crippen molar-refractivity contribution in [2.45, 2.75) is 30.8 Å². The smallest absolute Gasteiger partial charge is 0.241 e. The Morgan fingerprint density at radius 3 is 2.35 bits per heavy atom. The van der Waals surface area contributed by atoms with Crippen LogP contribution in [0.15, 0.2) is 53.4 Å². The van der Waals surface area contributed by atoms with Crippen LogP contribution in [0, 0.1) is 0 Å². The molecule has 0 fully saturated rings. The average molecular weight is 397 g/mol.